The second-order valence-electron chi connectivity index (χ2n) is 7.87. The van der Waals surface area contributed by atoms with Crippen LogP contribution in [0.3, 0.4) is 0 Å². The Kier molecular flexibility index (Phi) is 8.44. The van der Waals surface area contributed by atoms with Crippen molar-refractivity contribution in [1.29, 1.82) is 0 Å². The van der Waals surface area contributed by atoms with Crippen LogP contribution in [-0.4, -0.2) is 13.0 Å². The fourth-order valence-electron chi connectivity index (χ4n) is 3.28. The van der Waals surface area contributed by atoms with E-state index in [2.05, 4.69) is 19.2 Å². The van der Waals surface area contributed by atoms with Gasteiger partial charge in [-0.2, -0.15) is 0 Å². The second kappa shape index (κ2) is 11.3. The molecule has 3 nitrogen and oxygen atoms in total. The fraction of sp³-hybridized carbons (Fsp3) is 0.269. The summed E-state index contributed by atoms with van der Waals surface area (Å²) in [6.07, 6.45) is 0.869. The Hall–Kier alpha value is -2.43. The fourth-order valence-corrected chi connectivity index (χ4v) is 4.26. The number of amides is 1. The molecule has 0 radical (unpaired) electrons. The van der Waals surface area contributed by atoms with Crippen molar-refractivity contribution in [1.82, 2.24) is 5.32 Å². The van der Waals surface area contributed by atoms with Crippen molar-refractivity contribution in [3.05, 3.63) is 94.5 Å². The molecule has 0 bridgehead atoms. The van der Waals surface area contributed by atoms with Gasteiger partial charge in [-0.05, 0) is 72.0 Å². The van der Waals surface area contributed by atoms with Crippen LogP contribution in [0.15, 0.2) is 77.7 Å². The van der Waals surface area contributed by atoms with Crippen LogP contribution in [0.5, 0.6) is 5.75 Å². The van der Waals surface area contributed by atoms with Crippen LogP contribution in [-0.2, 0) is 5.75 Å². The Bertz CT molecular complexity index is 970. The number of nitrogens with one attached hydrogen (secondary N) is 1. The Morgan fingerprint density at radius 2 is 1.61 bits per heavy atom. The normalized spacial score (nSPS) is 11.9. The van der Waals surface area contributed by atoms with Gasteiger partial charge in [0, 0.05) is 21.2 Å². The largest absolute Gasteiger partial charge is 0.497 e. The summed E-state index contributed by atoms with van der Waals surface area (Å²) in [5, 5.41) is 3.94. The molecule has 0 aromatic heterocycles. The van der Waals surface area contributed by atoms with Gasteiger partial charge in [0.15, 0.2) is 0 Å². The summed E-state index contributed by atoms with van der Waals surface area (Å²) in [6.45, 7) is 4.33. The van der Waals surface area contributed by atoms with Gasteiger partial charge in [0.05, 0.1) is 13.2 Å². The molecule has 1 amide bonds. The van der Waals surface area contributed by atoms with E-state index in [-0.39, 0.29) is 11.9 Å². The molecule has 0 fully saturated rings. The minimum absolute atomic E-state index is 0.0430. The average molecular weight is 454 g/mol. The van der Waals surface area contributed by atoms with Crippen molar-refractivity contribution in [2.45, 2.75) is 37.0 Å². The van der Waals surface area contributed by atoms with Crippen molar-refractivity contribution >= 4 is 29.3 Å². The van der Waals surface area contributed by atoms with Crippen LogP contribution in [0.1, 0.15) is 47.8 Å². The number of ether oxygens (including phenoxy) is 1. The van der Waals surface area contributed by atoms with E-state index in [9.17, 15) is 4.79 Å². The van der Waals surface area contributed by atoms with Crippen LogP contribution in [0.2, 0.25) is 5.02 Å². The highest BCUT2D eigenvalue weighted by Crippen LogP contribution is 2.26. The van der Waals surface area contributed by atoms with Crippen molar-refractivity contribution in [2.24, 2.45) is 5.92 Å². The molecule has 0 heterocycles. The van der Waals surface area contributed by atoms with E-state index in [1.807, 2.05) is 72.8 Å². The van der Waals surface area contributed by atoms with E-state index in [1.165, 1.54) is 10.5 Å². The molecule has 3 rings (SSSR count). The van der Waals surface area contributed by atoms with Crippen LogP contribution in [0, 0.1) is 5.92 Å². The lowest BCUT2D eigenvalue weighted by Crippen LogP contribution is -2.29. The highest BCUT2D eigenvalue weighted by molar-refractivity contribution is 7.98. The van der Waals surface area contributed by atoms with Gasteiger partial charge in [-0.25, -0.2) is 0 Å². The SMILES string of the molecule is COc1ccc(C(CC(C)C)NC(=O)c2ccc(CSc3ccc(Cl)cc3)cc2)cc1. The van der Waals surface area contributed by atoms with E-state index in [4.69, 9.17) is 16.3 Å². The predicted molar refractivity (Wildman–Crippen MR) is 130 cm³/mol. The highest BCUT2D eigenvalue weighted by Gasteiger charge is 2.17. The summed E-state index contributed by atoms with van der Waals surface area (Å²) in [5.74, 6) is 2.05. The van der Waals surface area contributed by atoms with Crippen LogP contribution in [0.25, 0.3) is 0 Å². The van der Waals surface area contributed by atoms with E-state index in [0.717, 1.165) is 28.5 Å². The monoisotopic (exact) mass is 453 g/mol. The molecular weight excluding hydrogens is 426 g/mol. The van der Waals surface area contributed by atoms with Gasteiger partial charge in [0.2, 0.25) is 0 Å². The molecule has 1 unspecified atom stereocenters. The van der Waals surface area contributed by atoms with Gasteiger partial charge < -0.3 is 10.1 Å². The highest BCUT2D eigenvalue weighted by atomic mass is 35.5. The molecule has 0 aliphatic carbocycles. The quantitative estimate of drug-likeness (QED) is 0.349. The van der Waals surface area contributed by atoms with E-state index in [1.54, 1.807) is 18.9 Å². The lowest BCUT2D eigenvalue weighted by atomic mass is 9.96. The first kappa shape index (κ1) is 23.2. The number of hydrogen-bond donors (Lipinski definition) is 1. The van der Waals surface area contributed by atoms with E-state index < -0.39 is 0 Å². The molecule has 1 N–H and O–H groups in total. The maximum absolute atomic E-state index is 12.9. The summed E-state index contributed by atoms with van der Waals surface area (Å²) in [6, 6.07) is 23.5. The zero-order chi connectivity index (χ0) is 22.2. The number of methoxy groups -OCH3 is 1. The number of carbonyl (C=O) groups is 1. The topological polar surface area (TPSA) is 38.3 Å². The first-order valence-electron chi connectivity index (χ1n) is 10.4. The first-order valence-corrected chi connectivity index (χ1v) is 11.7. The number of carbonyl (C=O) groups excluding carboxylic acids is 1. The summed E-state index contributed by atoms with van der Waals surface area (Å²) in [5.41, 5.74) is 2.92. The minimum atomic E-state index is -0.0571. The van der Waals surface area contributed by atoms with E-state index >= 15 is 0 Å². The average Bonchev–Trinajstić information content (AvgIpc) is 2.78. The molecule has 162 valence electrons. The molecule has 0 aliphatic heterocycles. The number of rotatable bonds is 9. The molecule has 0 aliphatic rings. The maximum atomic E-state index is 12.9. The smallest absolute Gasteiger partial charge is 0.251 e. The zero-order valence-electron chi connectivity index (χ0n) is 18.1. The zero-order valence-corrected chi connectivity index (χ0v) is 19.7. The third kappa shape index (κ3) is 7.05. The Morgan fingerprint density at radius 1 is 0.968 bits per heavy atom. The summed E-state index contributed by atoms with van der Waals surface area (Å²) >= 11 is 7.68. The van der Waals surface area contributed by atoms with Crippen LogP contribution in [0.4, 0.5) is 0 Å². The molecule has 0 spiro atoms. The van der Waals surface area contributed by atoms with Crippen molar-refractivity contribution in [3.8, 4) is 5.75 Å². The minimum Gasteiger partial charge on any atom is -0.497 e. The van der Waals surface area contributed by atoms with Gasteiger partial charge in [-0.15, -0.1) is 11.8 Å². The third-order valence-corrected chi connectivity index (χ3v) is 6.30. The lowest BCUT2D eigenvalue weighted by molar-refractivity contribution is 0.0932. The molecule has 0 saturated heterocycles. The van der Waals surface area contributed by atoms with Gasteiger partial charge in [0.25, 0.3) is 5.91 Å². The molecule has 5 heteroatoms. The van der Waals surface area contributed by atoms with Gasteiger partial charge in [0.1, 0.15) is 5.75 Å². The summed E-state index contributed by atoms with van der Waals surface area (Å²) < 4.78 is 5.25. The Morgan fingerprint density at radius 3 is 2.19 bits per heavy atom. The van der Waals surface area contributed by atoms with Crippen molar-refractivity contribution in [3.63, 3.8) is 0 Å². The van der Waals surface area contributed by atoms with Crippen LogP contribution >= 0.6 is 23.4 Å². The summed E-state index contributed by atoms with van der Waals surface area (Å²) in [4.78, 5) is 14.1. The molecule has 3 aromatic carbocycles. The number of thioether (sulfide) groups is 1. The molecular formula is C26H28ClNO2S. The van der Waals surface area contributed by atoms with Gasteiger partial charge in [-0.1, -0.05) is 49.7 Å². The number of benzene rings is 3. The second-order valence-corrected chi connectivity index (χ2v) is 9.35. The van der Waals surface area contributed by atoms with Gasteiger partial charge >= 0.3 is 0 Å². The molecule has 3 aromatic rings. The Balaban J connectivity index is 1.63. The van der Waals surface area contributed by atoms with Crippen molar-refractivity contribution in [2.75, 3.05) is 7.11 Å². The standard InChI is InChI=1S/C26H28ClNO2S/c1-18(2)16-25(20-8-12-23(30-3)13-9-20)28-26(29)21-6-4-19(5-7-21)17-31-24-14-10-22(27)11-15-24/h4-15,18,25H,16-17H2,1-3H3,(H,28,29). The molecule has 1 atom stereocenters. The third-order valence-electron chi connectivity index (χ3n) is 4.97. The number of halogens is 1. The van der Waals surface area contributed by atoms with Crippen molar-refractivity contribution < 1.29 is 9.53 Å². The molecule has 31 heavy (non-hydrogen) atoms. The molecule has 0 saturated carbocycles. The Labute approximate surface area is 194 Å². The van der Waals surface area contributed by atoms with Crippen LogP contribution < -0.4 is 10.1 Å². The maximum Gasteiger partial charge on any atom is 0.251 e. The van der Waals surface area contributed by atoms with E-state index in [0.29, 0.717) is 11.5 Å². The summed E-state index contributed by atoms with van der Waals surface area (Å²) in [7, 11) is 1.65. The number of hydrogen-bond acceptors (Lipinski definition) is 3. The predicted octanol–water partition coefficient (Wildman–Crippen LogP) is 7.16. The first-order chi connectivity index (χ1) is 14.9. The van der Waals surface area contributed by atoms with Gasteiger partial charge in [-0.3, -0.25) is 4.79 Å². The lowest BCUT2D eigenvalue weighted by Gasteiger charge is -2.21.